The summed E-state index contributed by atoms with van der Waals surface area (Å²) in [6, 6.07) is 8.71. The molecule has 2 atom stereocenters. The number of hydrogen-bond donors (Lipinski definition) is 2. The molecule has 1 aromatic carbocycles. The summed E-state index contributed by atoms with van der Waals surface area (Å²) in [5, 5.41) is 4.26. The largest absolute Gasteiger partial charge is 0.493 e. The lowest BCUT2D eigenvalue weighted by Crippen LogP contribution is -2.52. The van der Waals surface area contributed by atoms with Crippen LogP contribution in [0.2, 0.25) is 0 Å². The van der Waals surface area contributed by atoms with Gasteiger partial charge in [0.15, 0.2) is 0 Å². The van der Waals surface area contributed by atoms with Crippen LogP contribution in [-0.2, 0) is 4.74 Å². The Balaban J connectivity index is 1.11. The van der Waals surface area contributed by atoms with Crippen molar-refractivity contribution in [2.45, 2.75) is 64.1 Å². The molecule has 0 spiro atoms. The zero-order chi connectivity index (χ0) is 23.5. The topological polar surface area (TPSA) is 69.8 Å². The van der Waals surface area contributed by atoms with Gasteiger partial charge in [-0.3, -0.25) is 9.69 Å². The average Bonchev–Trinajstić information content (AvgIpc) is 3.25. The molecule has 1 aromatic heterocycles. The van der Waals surface area contributed by atoms with Crippen molar-refractivity contribution in [3.05, 3.63) is 30.0 Å². The Bertz CT molecular complexity index is 964. The Labute approximate surface area is 203 Å². The summed E-state index contributed by atoms with van der Waals surface area (Å²) in [5.41, 5.74) is 1.57. The van der Waals surface area contributed by atoms with E-state index in [1.807, 2.05) is 24.3 Å². The number of carbonyl (C=O) groups is 1. The Kier molecular flexibility index (Phi) is 7.42. The van der Waals surface area contributed by atoms with Crippen molar-refractivity contribution in [1.82, 2.24) is 20.1 Å². The lowest BCUT2D eigenvalue weighted by atomic mass is 9.86. The van der Waals surface area contributed by atoms with Crippen LogP contribution in [0.15, 0.2) is 24.3 Å². The number of ether oxygens (including phenoxy) is 2. The summed E-state index contributed by atoms with van der Waals surface area (Å²) in [7, 11) is 0. The first-order valence-electron chi connectivity index (χ1n) is 13.2. The van der Waals surface area contributed by atoms with Crippen molar-refractivity contribution >= 4 is 16.8 Å². The number of hydrogen-bond acceptors (Lipinski definition) is 5. The van der Waals surface area contributed by atoms with Gasteiger partial charge >= 0.3 is 0 Å². The maximum atomic E-state index is 13.0. The number of benzene rings is 1. The van der Waals surface area contributed by atoms with Crippen LogP contribution < -0.4 is 10.1 Å². The molecule has 3 fully saturated rings. The van der Waals surface area contributed by atoms with Crippen LogP contribution in [0, 0.1) is 5.92 Å². The van der Waals surface area contributed by atoms with E-state index in [4.69, 9.17) is 9.47 Å². The predicted octanol–water partition coefficient (Wildman–Crippen LogP) is 3.65. The molecule has 2 unspecified atom stereocenters. The van der Waals surface area contributed by atoms with E-state index in [1.165, 1.54) is 19.3 Å². The van der Waals surface area contributed by atoms with E-state index in [0.717, 1.165) is 75.4 Å². The highest BCUT2D eigenvalue weighted by molar-refractivity contribution is 5.99. The highest BCUT2D eigenvalue weighted by Crippen LogP contribution is 2.30. The molecule has 186 valence electrons. The smallest absolute Gasteiger partial charge is 0.267 e. The molecule has 1 saturated carbocycles. The molecular formula is C27H40N4O3. The van der Waals surface area contributed by atoms with Gasteiger partial charge < -0.3 is 24.7 Å². The third kappa shape index (κ3) is 5.58. The minimum atomic E-state index is -0.0183. The number of aromatic amines is 1. The number of aromatic nitrogens is 1. The van der Waals surface area contributed by atoms with Gasteiger partial charge in [0.2, 0.25) is 0 Å². The summed E-state index contributed by atoms with van der Waals surface area (Å²) in [6.07, 6.45) is 6.16. The van der Waals surface area contributed by atoms with Gasteiger partial charge in [0, 0.05) is 55.7 Å². The third-order valence-electron chi connectivity index (χ3n) is 7.91. The number of fused-ring (bicyclic) bond motifs is 1. The molecular weight excluding hydrogens is 428 g/mol. The predicted molar refractivity (Wildman–Crippen MR) is 135 cm³/mol. The van der Waals surface area contributed by atoms with Crippen LogP contribution in [0.25, 0.3) is 10.9 Å². The van der Waals surface area contributed by atoms with Gasteiger partial charge in [0.25, 0.3) is 5.91 Å². The highest BCUT2D eigenvalue weighted by atomic mass is 16.5. The summed E-state index contributed by atoms with van der Waals surface area (Å²) in [5.74, 6) is 1.54. The van der Waals surface area contributed by atoms with Gasteiger partial charge in [-0.1, -0.05) is 12.5 Å². The second kappa shape index (κ2) is 10.7. The van der Waals surface area contributed by atoms with E-state index in [9.17, 15) is 4.79 Å². The van der Waals surface area contributed by atoms with E-state index in [0.29, 0.717) is 23.8 Å². The molecule has 2 aliphatic heterocycles. The summed E-state index contributed by atoms with van der Waals surface area (Å²) < 4.78 is 11.8. The van der Waals surface area contributed by atoms with Crippen LogP contribution in [-0.4, -0.2) is 84.8 Å². The number of piperidine rings is 1. The van der Waals surface area contributed by atoms with Crippen molar-refractivity contribution in [3.8, 4) is 5.75 Å². The SMILES string of the molecule is CC1CN(C(C)CN2CCC(NC(=O)c3cc4c(OCC5CCC5)cccc4[nH]3)CC2)CCO1. The molecule has 5 rings (SSSR count). The van der Waals surface area contributed by atoms with Crippen LogP contribution >= 0.6 is 0 Å². The fourth-order valence-electron chi connectivity index (χ4n) is 5.50. The lowest BCUT2D eigenvalue weighted by Gasteiger charge is -2.39. The Morgan fingerprint density at radius 1 is 1.24 bits per heavy atom. The van der Waals surface area contributed by atoms with Crippen molar-refractivity contribution < 1.29 is 14.3 Å². The maximum absolute atomic E-state index is 13.0. The second-order valence-electron chi connectivity index (χ2n) is 10.6. The number of amides is 1. The van der Waals surface area contributed by atoms with Crippen LogP contribution in [0.1, 0.15) is 56.4 Å². The van der Waals surface area contributed by atoms with E-state index >= 15 is 0 Å². The monoisotopic (exact) mass is 468 g/mol. The Morgan fingerprint density at radius 2 is 2.06 bits per heavy atom. The van der Waals surface area contributed by atoms with Gasteiger partial charge in [-0.25, -0.2) is 0 Å². The van der Waals surface area contributed by atoms with Crippen molar-refractivity contribution in [2.75, 3.05) is 45.9 Å². The lowest BCUT2D eigenvalue weighted by molar-refractivity contribution is -0.0367. The van der Waals surface area contributed by atoms with Gasteiger partial charge in [-0.15, -0.1) is 0 Å². The van der Waals surface area contributed by atoms with Crippen molar-refractivity contribution in [3.63, 3.8) is 0 Å². The third-order valence-corrected chi connectivity index (χ3v) is 7.91. The maximum Gasteiger partial charge on any atom is 0.267 e. The van der Waals surface area contributed by atoms with Gasteiger partial charge in [-0.2, -0.15) is 0 Å². The summed E-state index contributed by atoms with van der Waals surface area (Å²) >= 11 is 0. The molecule has 0 bridgehead atoms. The van der Waals surface area contributed by atoms with Gasteiger partial charge in [0.1, 0.15) is 11.4 Å². The molecule has 7 nitrogen and oxygen atoms in total. The van der Waals surface area contributed by atoms with Crippen LogP contribution in [0.4, 0.5) is 0 Å². The molecule has 1 aliphatic carbocycles. The zero-order valence-electron chi connectivity index (χ0n) is 20.7. The van der Waals surface area contributed by atoms with Crippen molar-refractivity contribution in [1.29, 1.82) is 0 Å². The highest BCUT2D eigenvalue weighted by Gasteiger charge is 2.26. The summed E-state index contributed by atoms with van der Waals surface area (Å²) in [6.45, 7) is 11.3. The number of carbonyl (C=O) groups excluding carboxylic acids is 1. The zero-order valence-corrected chi connectivity index (χ0v) is 20.7. The minimum Gasteiger partial charge on any atom is -0.493 e. The molecule has 3 aliphatic rings. The second-order valence-corrected chi connectivity index (χ2v) is 10.6. The number of likely N-dealkylation sites (tertiary alicyclic amines) is 1. The summed E-state index contributed by atoms with van der Waals surface area (Å²) in [4.78, 5) is 21.4. The number of nitrogens with one attached hydrogen (secondary N) is 2. The standard InChI is InChI=1S/C27H40N4O3/c1-19(31-13-14-33-20(2)17-31)16-30-11-9-22(10-12-30)28-27(32)25-15-23-24(29-25)7-4-8-26(23)34-18-21-5-3-6-21/h4,7-8,15,19-22,29H,3,5-6,9-14,16-18H2,1-2H3,(H,28,32). The van der Waals surface area contributed by atoms with E-state index in [-0.39, 0.29) is 11.9 Å². The molecule has 2 saturated heterocycles. The van der Waals surface area contributed by atoms with E-state index in [2.05, 4.69) is 33.9 Å². The normalized spacial score (nSPS) is 24.1. The van der Waals surface area contributed by atoms with Crippen LogP contribution in [0.3, 0.4) is 0 Å². The fourth-order valence-corrected chi connectivity index (χ4v) is 5.50. The molecule has 7 heteroatoms. The first-order chi connectivity index (χ1) is 16.5. The molecule has 0 radical (unpaired) electrons. The minimum absolute atomic E-state index is 0.0183. The molecule has 3 heterocycles. The molecule has 34 heavy (non-hydrogen) atoms. The van der Waals surface area contributed by atoms with Crippen molar-refractivity contribution in [2.24, 2.45) is 5.92 Å². The Hall–Kier alpha value is -2.09. The molecule has 2 aromatic rings. The average molecular weight is 469 g/mol. The van der Waals surface area contributed by atoms with Gasteiger partial charge in [0.05, 0.1) is 19.3 Å². The number of nitrogens with zero attached hydrogens (tertiary/aromatic N) is 2. The fraction of sp³-hybridized carbons (Fsp3) is 0.667. The van der Waals surface area contributed by atoms with Gasteiger partial charge in [-0.05, 0) is 63.6 Å². The van der Waals surface area contributed by atoms with E-state index in [1.54, 1.807) is 0 Å². The molecule has 1 amide bonds. The quantitative estimate of drug-likeness (QED) is 0.619. The van der Waals surface area contributed by atoms with Crippen LogP contribution in [0.5, 0.6) is 5.75 Å². The van der Waals surface area contributed by atoms with E-state index < -0.39 is 0 Å². The number of rotatable bonds is 8. The number of morpholine rings is 1. The Morgan fingerprint density at radius 3 is 2.79 bits per heavy atom. The first-order valence-corrected chi connectivity index (χ1v) is 13.2. The molecule has 2 N–H and O–H groups in total. The number of H-pyrrole nitrogens is 1. The first kappa shape index (κ1) is 23.6.